The minimum absolute atomic E-state index is 0.0947. The molecular weight excluding hydrogens is 294 g/mol. The number of rotatable bonds is 3. The molecule has 1 fully saturated rings. The lowest BCUT2D eigenvalue weighted by Gasteiger charge is -2.15. The van der Waals surface area contributed by atoms with Crippen LogP contribution in [0.5, 0.6) is 0 Å². The van der Waals surface area contributed by atoms with Gasteiger partial charge in [0.25, 0.3) is 0 Å². The Labute approximate surface area is 134 Å². The number of allylic oxidation sites excluding steroid dienone is 2. The number of carbonyl (C=O) groups excluding carboxylic acids is 1. The van der Waals surface area contributed by atoms with Gasteiger partial charge in [0, 0.05) is 30.4 Å². The van der Waals surface area contributed by atoms with Crippen LogP contribution in [0, 0.1) is 5.92 Å². The average Bonchev–Trinajstić information content (AvgIpc) is 3.24. The van der Waals surface area contributed by atoms with Crippen molar-refractivity contribution >= 4 is 28.5 Å². The molecule has 1 aliphatic carbocycles. The molecule has 0 saturated carbocycles. The van der Waals surface area contributed by atoms with Crippen molar-refractivity contribution in [1.29, 1.82) is 0 Å². The van der Waals surface area contributed by atoms with Crippen LogP contribution in [0.4, 0.5) is 5.69 Å². The molecule has 3 aliphatic rings. The van der Waals surface area contributed by atoms with Crippen molar-refractivity contribution in [2.75, 3.05) is 24.2 Å². The molecule has 0 radical (unpaired) electrons. The molecule has 1 atom stereocenters. The van der Waals surface area contributed by atoms with Gasteiger partial charge >= 0.3 is 0 Å². The zero-order valence-electron chi connectivity index (χ0n) is 12.4. The summed E-state index contributed by atoms with van der Waals surface area (Å²) in [5, 5.41) is 4.23. The van der Waals surface area contributed by atoms with E-state index in [4.69, 9.17) is 4.99 Å². The number of nitrogens with one attached hydrogen (secondary N) is 1. The van der Waals surface area contributed by atoms with Gasteiger partial charge in [-0.3, -0.25) is 9.79 Å². The highest BCUT2D eigenvalue weighted by molar-refractivity contribution is 8.14. The fraction of sp³-hybridized carbons (Fsp3) is 0.412. The Morgan fingerprint density at radius 1 is 1.32 bits per heavy atom. The molecule has 5 heteroatoms. The number of thioether (sulfide) groups is 1. The molecule has 2 aliphatic heterocycles. The predicted octanol–water partition coefficient (Wildman–Crippen LogP) is 3.05. The molecule has 0 aromatic heterocycles. The van der Waals surface area contributed by atoms with Crippen LogP contribution in [-0.2, 0) is 4.79 Å². The van der Waals surface area contributed by atoms with Gasteiger partial charge in [-0.1, -0.05) is 36.0 Å². The largest absolute Gasteiger partial charge is 0.348 e. The lowest BCUT2D eigenvalue weighted by molar-refractivity contribution is -0.119. The maximum atomic E-state index is 12.2. The highest BCUT2D eigenvalue weighted by Gasteiger charge is 2.30. The molecular formula is C17H19N3OS. The van der Waals surface area contributed by atoms with Crippen LogP contribution >= 0.6 is 11.8 Å². The van der Waals surface area contributed by atoms with Crippen LogP contribution in [-0.4, -0.2) is 34.8 Å². The van der Waals surface area contributed by atoms with E-state index in [1.54, 1.807) is 0 Å². The molecule has 2 heterocycles. The number of hydrogen-bond donors (Lipinski definition) is 1. The molecule has 1 saturated heterocycles. The zero-order valence-corrected chi connectivity index (χ0v) is 13.2. The Kier molecular flexibility index (Phi) is 3.66. The van der Waals surface area contributed by atoms with E-state index >= 15 is 0 Å². The van der Waals surface area contributed by atoms with E-state index in [1.807, 2.05) is 23.9 Å². The van der Waals surface area contributed by atoms with Gasteiger partial charge in [-0.05, 0) is 30.5 Å². The Bertz CT molecular complexity index is 647. The zero-order chi connectivity index (χ0) is 14.9. The van der Waals surface area contributed by atoms with Gasteiger partial charge < -0.3 is 10.2 Å². The first-order valence-electron chi connectivity index (χ1n) is 7.81. The Hall–Kier alpha value is -1.75. The van der Waals surface area contributed by atoms with E-state index in [0.29, 0.717) is 0 Å². The Morgan fingerprint density at radius 3 is 3.00 bits per heavy atom. The Morgan fingerprint density at radius 2 is 2.18 bits per heavy atom. The average molecular weight is 313 g/mol. The number of amides is 1. The summed E-state index contributed by atoms with van der Waals surface area (Å²) in [4.78, 5) is 19.4. The number of aliphatic imine (C=N–C) groups is 1. The maximum absolute atomic E-state index is 12.2. The minimum atomic E-state index is 0.0947. The second kappa shape index (κ2) is 5.80. The first kappa shape index (κ1) is 13.9. The molecule has 0 spiro atoms. The van der Waals surface area contributed by atoms with Gasteiger partial charge in [0.2, 0.25) is 5.91 Å². The second-order valence-electron chi connectivity index (χ2n) is 5.98. The van der Waals surface area contributed by atoms with Gasteiger partial charge in [0.15, 0.2) is 5.17 Å². The van der Waals surface area contributed by atoms with Gasteiger partial charge in [-0.2, -0.15) is 0 Å². The van der Waals surface area contributed by atoms with Crippen LogP contribution in [0.3, 0.4) is 0 Å². The first-order chi connectivity index (χ1) is 10.8. The van der Waals surface area contributed by atoms with Crippen molar-refractivity contribution < 1.29 is 4.79 Å². The lowest BCUT2D eigenvalue weighted by Crippen LogP contribution is -2.22. The molecule has 4 rings (SSSR count). The highest BCUT2D eigenvalue weighted by Crippen LogP contribution is 2.33. The Balaban J connectivity index is 1.47. The fourth-order valence-electron chi connectivity index (χ4n) is 3.18. The van der Waals surface area contributed by atoms with E-state index in [0.717, 1.165) is 37.4 Å². The predicted molar refractivity (Wildman–Crippen MR) is 91.1 cm³/mol. The highest BCUT2D eigenvalue weighted by atomic mass is 32.2. The molecule has 1 unspecified atom stereocenters. The third-order valence-corrected chi connectivity index (χ3v) is 5.45. The summed E-state index contributed by atoms with van der Waals surface area (Å²) in [5.74, 6) is 1.37. The summed E-state index contributed by atoms with van der Waals surface area (Å²) in [7, 11) is 0. The van der Waals surface area contributed by atoms with Gasteiger partial charge in [0.1, 0.15) is 0 Å². The monoisotopic (exact) mass is 313 g/mol. The number of anilines is 1. The number of hydrogen-bond acceptors (Lipinski definition) is 4. The van der Waals surface area contributed by atoms with Crippen molar-refractivity contribution in [3.05, 3.63) is 42.0 Å². The number of amidine groups is 1. The smallest absolute Gasteiger partial charge is 0.228 e. The summed E-state index contributed by atoms with van der Waals surface area (Å²) in [5.41, 5.74) is 2.07. The molecule has 1 aromatic rings. The first-order valence-corrected chi connectivity index (χ1v) is 8.79. The SMILES string of the molecule is O=C(Nc1cccc(C2CN3CCSC3=N2)c1)C1CC=CC1. The van der Waals surface area contributed by atoms with Crippen LogP contribution in [0.25, 0.3) is 0 Å². The molecule has 0 bridgehead atoms. The fourth-order valence-corrected chi connectivity index (χ4v) is 4.23. The molecule has 1 aromatic carbocycles. The topological polar surface area (TPSA) is 44.7 Å². The quantitative estimate of drug-likeness (QED) is 0.872. The number of fused-ring (bicyclic) bond motifs is 1. The van der Waals surface area contributed by atoms with Crippen LogP contribution in [0.15, 0.2) is 41.4 Å². The number of benzene rings is 1. The summed E-state index contributed by atoms with van der Waals surface area (Å²) in [6, 6.07) is 8.35. The number of carbonyl (C=O) groups is 1. The van der Waals surface area contributed by atoms with Crippen molar-refractivity contribution in [3.63, 3.8) is 0 Å². The van der Waals surface area contributed by atoms with Crippen molar-refractivity contribution in [2.45, 2.75) is 18.9 Å². The van der Waals surface area contributed by atoms with Crippen molar-refractivity contribution in [2.24, 2.45) is 10.9 Å². The summed E-state index contributed by atoms with van der Waals surface area (Å²) >= 11 is 1.84. The third kappa shape index (κ3) is 2.65. The van der Waals surface area contributed by atoms with Crippen LogP contribution in [0.2, 0.25) is 0 Å². The van der Waals surface area contributed by atoms with Crippen molar-refractivity contribution in [3.8, 4) is 0 Å². The van der Waals surface area contributed by atoms with E-state index in [-0.39, 0.29) is 17.9 Å². The van der Waals surface area contributed by atoms with Crippen LogP contribution < -0.4 is 5.32 Å². The number of nitrogens with zero attached hydrogens (tertiary/aromatic N) is 2. The van der Waals surface area contributed by atoms with Gasteiger partial charge in [-0.15, -0.1) is 0 Å². The third-order valence-electron chi connectivity index (χ3n) is 4.44. The van der Waals surface area contributed by atoms with Crippen molar-refractivity contribution in [1.82, 2.24) is 4.90 Å². The van der Waals surface area contributed by atoms with E-state index < -0.39 is 0 Å². The standard InChI is InChI=1S/C17H19N3OS/c21-16(12-4-1-2-5-12)18-14-7-3-6-13(10-14)15-11-20-8-9-22-17(20)19-15/h1-3,6-7,10,12,15H,4-5,8-9,11H2,(H,18,21). The second-order valence-corrected chi connectivity index (χ2v) is 7.04. The lowest BCUT2D eigenvalue weighted by atomic mass is 10.0. The van der Waals surface area contributed by atoms with E-state index in [1.165, 1.54) is 10.7 Å². The summed E-state index contributed by atoms with van der Waals surface area (Å²) in [6.07, 6.45) is 5.88. The van der Waals surface area contributed by atoms with E-state index in [2.05, 4.69) is 34.5 Å². The normalized spacial score (nSPS) is 23.7. The van der Waals surface area contributed by atoms with E-state index in [9.17, 15) is 4.79 Å². The van der Waals surface area contributed by atoms with Gasteiger partial charge in [-0.25, -0.2) is 0 Å². The van der Waals surface area contributed by atoms with Crippen LogP contribution in [0.1, 0.15) is 24.4 Å². The minimum Gasteiger partial charge on any atom is -0.348 e. The molecule has 1 amide bonds. The molecule has 114 valence electrons. The molecule has 22 heavy (non-hydrogen) atoms. The summed E-state index contributed by atoms with van der Waals surface area (Å²) < 4.78 is 0. The summed E-state index contributed by atoms with van der Waals surface area (Å²) in [6.45, 7) is 2.07. The molecule has 4 nitrogen and oxygen atoms in total. The van der Waals surface area contributed by atoms with Gasteiger partial charge in [0.05, 0.1) is 6.04 Å². The maximum Gasteiger partial charge on any atom is 0.228 e. The molecule has 1 N–H and O–H groups in total.